The molecule has 1 saturated heterocycles. The van der Waals surface area contributed by atoms with Crippen molar-refractivity contribution in [1.82, 2.24) is 5.32 Å². The minimum absolute atomic E-state index is 0.0345. The van der Waals surface area contributed by atoms with E-state index in [1.165, 1.54) is 12.8 Å². The Balaban J connectivity index is 1.39. The Hall–Kier alpha value is -1.47. The van der Waals surface area contributed by atoms with Crippen molar-refractivity contribution < 1.29 is 23.7 Å². The van der Waals surface area contributed by atoms with E-state index >= 15 is 0 Å². The lowest BCUT2D eigenvalue weighted by atomic mass is 9.78. The Labute approximate surface area is 178 Å². The summed E-state index contributed by atoms with van der Waals surface area (Å²) < 4.78 is 25.2. The van der Waals surface area contributed by atoms with Crippen LogP contribution in [0, 0.1) is 5.92 Å². The van der Waals surface area contributed by atoms with E-state index in [0.29, 0.717) is 25.4 Å². The molecule has 4 fully saturated rings. The maximum atomic E-state index is 13.4. The second-order valence-electron chi connectivity index (χ2n) is 9.88. The molecule has 0 aromatic heterocycles. The predicted molar refractivity (Wildman–Crippen MR) is 111 cm³/mol. The SMILES string of the molecule is CC1(C)O[C@H]2[C@@H](OCC3CC3)C[C@](OCc3ccccc3)(C(=O)NC3CC3)C[C@H]2O1. The van der Waals surface area contributed by atoms with Crippen LogP contribution in [0.3, 0.4) is 0 Å². The molecule has 0 bridgehead atoms. The summed E-state index contributed by atoms with van der Waals surface area (Å²) in [6.45, 7) is 4.96. The van der Waals surface area contributed by atoms with Crippen LogP contribution in [0.15, 0.2) is 30.3 Å². The minimum Gasteiger partial charge on any atom is -0.375 e. The van der Waals surface area contributed by atoms with Gasteiger partial charge in [-0.2, -0.15) is 0 Å². The van der Waals surface area contributed by atoms with Gasteiger partial charge in [-0.05, 0) is 51.0 Å². The number of carbonyl (C=O) groups excluding carboxylic acids is 1. The van der Waals surface area contributed by atoms with Gasteiger partial charge in [0.15, 0.2) is 11.4 Å². The van der Waals surface area contributed by atoms with E-state index in [0.717, 1.165) is 25.0 Å². The number of rotatable bonds is 8. The number of hydrogen-bond donors (Lipinski definition) is 1. The molecule has 1 heterocycles. The van der Waals surface area contributed by atoms with Crippen LogP contribution < -0.4 is 5.32 Å². The summed E-state index contributed by atoms with van der Waals surface area (Å²) in [7, 11) is 0. The van der Waals surface area contributed by atoms with Gasteiger partial charge >= 0.3 is 0 Å². The Bertz CT molecular complexity index is 760. The third kappa shape index (κ3) is 4.57. The molecule has 3 aliphatic carbocycles. The Morgan fingerprint density at radius 2 is 1.87 bits per heavy atom. The second-order valence-corrected chi connectivity index (χ2v) is 9.88. The Morgan fingerprint density at radius 3 is 2.57 bits per heavy atom. The molecule has 0 radical (unpaired) electrons. The highest BCUT2D eigenvalue weighted by atomic mass is 16.8. The van der Waals surface area contributed by atoms with Crippen molar-refractivity contribution in [1.29, 1.82) is 0 Å². The quantitative estimate of drug-likeness (QED) is 0.706. The number of nitrogens with one attached hydrogen (secondary N) is 1. The van der Waals surface area contributed by atoms with Gasteiger partial charge in [-0.1, -0.05) is 30.3 Å². The molecule has 1 aromatic carbocycles. The van der Waals surface area contributed by atoms with E-state index in [1.807, 2.05) is 44.2 Å². The minimum atomic E-state index is -0.975. The van der Waals surface area contributed by atoms with Gasteiger partial charge in [-0.25, -0.2) is 0 Å². The van der Waals surface area contributed by atoms with Gasteiger partial charge in [0.2, 0.25) is 0 Å². The highest BCUT2D eigenvalue weighted by Gasteiger charge is 2.58. The van der Waals surface area contributed by atoms with Gasteiger partial charge in [0.1, 0.15) is 6.10 Å². The first-order valence-electron chi connectivity index (χ1n) is 11.4. The van der Waals surface area contributed by atoms with E-state index in [2.05, 4.69) is 5.32 Å². The summed E-state index contributed by atoms with van der Waals surface area (Å²) in [6, 6.07) is 10.3. The predicted octanol–water partition coefficient (Wildman–Crippen LogP) is 3.33. The monoisotopic (exact) mass is 415 g/mol. The highest BCUT2D eigenvalue weighted by molar-refractivity contribution is 5.86. The van der Waals surface area contributed by atoms with E-state index in [1.54, 1.807) is 0 Å². The molecule has 6 heteroatoms. The van der Waals surface area contributed by atoms with Crippen LogP contribution in [-0.4, -0.2) is 48.3 Å². The molecule has 1 amide bonds. The van der Waals surface area contributed by atoms with Gasteiger partial charge in [0.25, 0.3) is 5.91 Å². The summed E-state index contributed by atoms with van der Waals surface area (Å²) in [4.78, 5) is 13.4. The molecule has 0 spiro atoms. The largest absolute Gasteiger partial charge is 0.375 e. The number of benzene rings is 1. The molecule has 1 N–H and O–H groups in total. The highest BCUT2D eigenvalue weighted by Crippen LogP contribution is 2.45. The van der Waals surface area contributed by atoms with E-state index in [9.17, 15) is 4.79 Å². The lowest BCUT2D eigenvalue weighted by Crippen LogP contribution is -2.60. The van der Waals surface area contributed by atoms with Crippen LogP contribution in [0.5, 0.6) is 0 Å². The molecule has 1 aromatic rings. The molecular formula is C24H33NO5. The van der Waals surface area contributed by atoms with Crippen LogP contribution in [0.2, 0.25) is 0 Å². The molecular weight excluding hydrogens is 382 g/mol. The summed E-state index contributed by atoms with van der Waals surface area (Å²) >= 11 is 0. The van der Waals surface area contributed by atoms with Gasteiger partial charge in [0.05, 0.1) is 18.8 Å². The zero-order chi connectivity index (χ0) is 20.8. The first kappa shape index (κ1) is 20.4. The number of amides is 1. The molecule has 0 unspecified atom stereocenters. The Morgan fingerprint density at radius 1 is 1.10 bits per heavy atom. The molecule has 3 saturated carbocycles. The fourth-order valence-electron chi connectivity index (χ4n) is 4.59. The number of fused-ring (bicyclic) bond motifs is 1. The van der Waals surface area contributed by atoms with Crippen molar-refractivity contribution in [2.24, 2.45) is 5.92 Å². The molecule has 4 aliphatic rings. The van der Waals surface area contributed by atoms with E-state index < -0.39 is 11.4 Å². The molecule has 4 atom stereocenters. The van der Waals surface area contributed by atoms with Crippen LogP contribution in [0.25, 0.3) is 0 Å². The summed E-state index contributed by atoms with van der Waals surface area (Å²) in [5.41, 5.74) is 0.0787. The van der Waals surface area contributed by atoms with Crippen LogP contribution in [-0.2, 0) is 30.3 Å². The molecule has 1 aliphatic heterocycles. The lowest BCUT2D eigenvalue weighted by molar-refractivity contribution is -0.182. The second kappa shape index (κ2) is 7.90. The standard InChI is InChI=1S/C24H33NO5/c1-23(2)29-20-13-24(22(26)25-18-10-11-18,28-15-16-6-4-3-5-7-16)12-19(21(20)30-23)27-14-17-8-9-17/h3-7,17-21H,8-15H2,1-2H3,(H,25,26)/t19-,20+,21-,24+/m0/s1. The van der Waals surface area contributed by atoms with Crippen molar-refractivity contribution in [2.45, 2.75) is 94.7 Å². The van der Waals surface area contributed by atoms with Gasteiger partial charge < -0.3 is 24.3 Å². The fourth-order valence-corrected chi connectivity index (χ4v) is 4.59. The van der Waals surface area contributed by atoms with Crippen molar-refractivity contribution in [3.63, 3.8) is 0 Å². The normalized spacial score (nSPS) is 35.1. The van der Waals surface area contributed by atoms with E-state index in [-0.39, 0.29) is 30.3 Å². The number of hydrogen-bond acceptors (Lipinski definition) is 5. The van der Waals surface area contributed by atoms with Crippen LogP contribution in [0.1, 0.15) is 57.9 Å². The number of carbonyl (C=O) groups is 1. The van der Waals surface area contributed by atoms with Crippen LogP contribution >= 0.6 is 0 Å². The molecule has 30 heavy (non-hydrogen) atoms. The molecule has 5 rings (SSSR count). The lowest BCUT2D eigenvalue weighted by Gasteiger charge is -2.43. The summed E-state index contributed by atoms with van der Waals surface area (Å²) in [5.74, 6) is -0.0766. The number of ether oxygens (including phenoxy) is 4. The van der Waals surface area contributed by atoms with Gasteiger partial charge in [-0.3, -0.25) is 4.79 Å². The van der Waals surface area contributed by atoms with Crippen molar-refractivity contribution in [3.8, 4) is 0 Å². The van der Waals surface area contributed by atoms with Crippen molar-refractivity contribution >= 4 is 5.91 Å². The average molecular weight is 416 g/mol. The van der Waals surface area contributed by atoms with Crippen LogP contribution in [0.4, 0.5) is 0 Å². The maximum absolute atomic E-state index is 13.4. The van der Waals surface area contributed by atoms with Crippen molar-refractivity contribution in [3.05, 3.63) is 35.9 Å². The Kier molecular flexibility index (Phi) is 5.38. The van der Waals surface area contributed by atoms with Gasteiger partial charge in [-0.15, -0.1) is 0 Å². The average Bonchev–Trinajstić information content (AvgIpc) is 3.64. The van der Waals surface area contributed by atoms with Gasteiger partial charge in [0, 0.05) is 25.5 Å². The zero-order valence-corrected chi connectivity index (χ0v) is 18.0. The molecule has 6 nitrogen and oxygen atoms in total. The van der Waals surface area contributed by atoms with E-state index in [4.69, 9.17) is 18.9 Å². The summed E-state index contributed by atoms with van der Waals surface area (Å²) in [5, 5.41) is 3.18. The molecule has 164 valence electrons. The fraction of sp³-hybridized carbons (Fsp3) is 0.708. The third-order valence-electron chi connectivity index (χ3n) is 6.58. The first-order chi connectivity index (χ1) is 14.4. The smallest absolute Gasteiger partial charge is 0.252 e. The zero-order valence-electron chi connectivity index (χ0n) is 18.0. The topological polar surface area (TPSA) is 66.0 Å². The maximum Gasteiger partial charge on any atom is 0.252 e. The van der Waals surface area contributed by atoms with Crippen molar-refractivity contribution in [2.75, 3.05) is 6.61 Å². The summed E-state index contributed by atoms with van der Waals surface area (Å²) in [6.07, 6.45) is 4.90. The third-order valence-corrected chi connectivity index (χ3v) is 6.58. The first-order valence-corrected chi connectivity index (χ1v) is 11.4.